The predicted molar refractivity (Wildman–Crippen MR) is 119 cm³/mol. The van der Waals surface area contributed by atoms with Crippen molar-refractivity contribution in [3.8, 4) is 0 Å². The number of furan rings is 1. The summed E-state index contributed by atoms with van der Waals surface area (Å²) in [5.41, 5.74) is 0. The van der Waals surface area contributed by atoms with Gasteiger partial charge >= 0.3 is 0 Å². The van der Waals surface area contributed by atoms with E-state index >= 15 is 0 Å². The first-order valence-corrected chi connectivity index (χ1v) is 9.76. The number of hydrogen-bond donors (Lipinski definition) is 1. The van der Waals surface area contributed by atoms with Crippen LogP contribution in [0.25, 0.3) is 0 Å². The number of ether oxygens (including phenoxy) is 1. The summed E-state index contributed by atoms with van der Waals surface area (Å²) in [6.07, 6.45) is 8.03. The molecule has 2 aromatic rings. The normalized spacial score (nSPS) is 17.2. The number of aromatic nitrogens is 3. The molecule has 3 heterocycles. The van der Waals surface area contributed by atoms with Crippen molar-refractivity contribution in [1.82, 2.24) is 25.0 Å². The number of halogens is 1. The molecular weight excluding hydrogens is 471 g/mol. The minimum atomic E-state index is 0. The fourth-order valence-electron chi connectivity index (χ4n) is 3.19. The first kappa shape index (κ1) is 22.7. The molecule has 3 rings (SSSR count). The minimum absolute atomic E-state index is 0. The molecule has 1 saturated heterocycles. The Balaban J connectivity index is 0.00000280. The van der Waals surface area contributed by atoms with Gasteiger partial charge in [0.2, 0.25) is 0 Å². The molecule has 28 heavy (non-hydrogen) atoms. The lowest BCUT2D eigenvalue weighted by molar-refractivity contribution is 0.0223. The van der Waals surface area contributed by atoms with E-state index < -0.39 is 0 Å². The van der Waals surface area contributed by atoms with Crippen molar-refractivity contribution in [2.75, 3.05) is 26.7 Å². The van der Waals surface area contributed by atoms with Gasteiger partial charge < -0.3 is 23.9 Å². The average molecular weight is 502 g/mol. The Bertz CT molecular complexity index is 697. The third-order valence-electron chi connectivity index (χ3n) is 4.70. The van der Waals surface area contributed by atoms with Crippen molar-refractivity contribution >= 4 is 29.9 Å². The summed E-state index contributed by atoms with van der Waals surface area (Å²) >= 11 is 0. The van der Waals surface area contributed by atoms with Crippen molar-refractivity contribution in [2.45, 2.75) is 51.8 Å². The van der Waals surface area contributed by atoms with E-state index in [0.29, 0.717) is 13.1 Å². The van der Waals surface area contributed by atoms with Gasteiger partial charge in [-0.2, -0.15) is 0 Å². The smallest absolute Gasteiger partial charge is 0.194 e. The standard InChI is InChI=1S/C19H30N6O2.HI/c1-3-18-23-22-15-25(18)10-9-20-19(21-13-16-7-4-5-11-26-16)24(2)14-17-8-6-12-27-17;/h6,8,12,15-16H,3-5,7,9-11,13-14H2,1-2H3,(H,20,21);1H. The van der Waals surface area contributed by atoms with E-state index in [9.17, 15) is 0 Å². The molecule has 0 amide bonds. The first-order valence-electron chi connectivity index (χ1n) is 9.76. The molecule has 2 aromatic heterocycles. The van der Waals surface area contributed by atoms with Crippen LogP contribution in [0.5, 0.6) is 0 Å². The van der Waals surface area contributed by atoms with E-state index in [0.717, 1.165) is 56.5 Å². The van der Waals surface area contributed by atoms with Gasteiger partial charge in [-0.3, -0.25) is 4.99 Å². The molecule has 1 aliphatic rings. The summed E-state index contributed by atoms with van der Waals surface area (Å²) in [7, 11) is 2.02. The van der Waals surface area contributed by atoms with Gasteiger partial charge in [0.05, 0.1) is 25.5 Å². The number of aryl methyl sites for hydroxylation is 1. The molecule has 1 atom stereocenters. The van der Waals surface area contributed by atoms with Crippen molar-refractivity contribution < 1.29 is 9.15 Å². The molecule has 1 unspecified atom stereocenters. The Kier molecular flexibility index (Phi) is 9.76. The molecule has 1 N–H and O–H groups in total. The van der Waals surface area contributed by atoms with Gasteiger partial charge in [-0.15, -0.1) is 34.2 Å². The van der Waals surface area contributed by atoms with Crippen molar-refractivity contribution in [3.63, 3.8) is 0 Å². The Hall–Kier alpha value is -1.62. The molecule has 8 nitrogen and oxygen atoms in total. The van der Waals surface area contributed by atoms with Crippen molar-refractivity contribution in [1.29, 1.82) is 0 Å². The van der Waals surface area contributed by atoms with E-state index in [-0.39, 0.29) is 30.1 Å². The molecule has 0 radical (unpaired) electrons. The van der Waals surface area contributed by atoms with Crippen LogP contribution in [0.3, 0.4) is 0 Å². The van der Waals surface area contributed by atoms with Gasteiger partial charge in [0.25, 0.3) is 0 Å². The monoisotopic (exact) mass is 502 g/mol. The second kappa shape index (κ2) is 12.1. The van der Waals surface area contributed by atoms with Crippen LogP contribution >= 0.6 is 24.0 Å². The summed E-state index contributed by atoms with van der Waals surface area (Å²) in [5.74, 6) is 2.76. The topological polar surface area (TPSA) is 80.7 Å². The number of hydrogen-bond acceptors (Lipinski definition) is 5. The lowest BCUT2D eigenvalue weighted by Crippen LogP contribution is -2.40. The van der Waals surface area contributed by atoms with E-state index in [1.165, 1.54) is 6.42 Å². The summed E-state index contributed by atoms with van der Waals surface area (Å²) in [4.78, 5) is 6.89. The molecule has 0 bridgehead atoms. The van der Waals surface area contributed by atoms with Crippen LogP contribution in [0.15, 0.2) is 34.1 Å². The van der Waals surface area contributed by atoms with E-state index in [1.807, 2.05) is 19.2 Å². The molecule has 0 aliphatic carbocycles. The maximum Gasteiger partial charge on any atom is 0.194 e. The minimum Gasteiger partial charge on any atom is -0.467 e. The maximum absolute atomic E-state index is 5.82. The van der Waals surface area contributed by atoms with Gasteiger partial charge in [0, 0.05) is 33.2 Å². The molecule has 0 aromatic carbocycles. The highest BCUT2D eigenvalue weighted by Crippen LogP contribution is 2.13. The predicted octanol–water partition coefficient (Wildman–Crippen LogP) is 2.70. The Morgan fingerprint density at radius 1 is 1.43 bits per heavy atom. The Morgan fingerprint density at radius 3 is 3.04 bits per heavy atom. The van der Waals surface area contributed by atoms with Gasteiger partial charge in [0.1, 0.15) is 17.9 Å². The highest BCUT2D eigenvalue weighted by Gasteiger charge is 2.15. The summed E-state index contributed by atoms with van der Waals surface area (Å²) in [5, 5.41) is 11.6. The van der Waals surface area contributed by atoms with Gasteiger partial charge in [-0.05, 0) is 31.4 Å². The van der Waals surface area contributed by atoms with E-state index in [1.54, 1.807) is 12.6 Å². The molecule has 0 spiro atoms. The molecular formula is C19H31IN6O2. The zero-order valence-electron chi connectivity index (χ0n) is 16.7. The summed E-state index contributed by atoms with van der Waals surface area (Å²) in [6, 6.07) is 3.88. The van der Waals surface area contributed by atoms with Crippen LogP contribution in [0.4, 0.5) is 0 Å². The molecule has 156 valence electrons. The van der Waals surface area contributed by atoms with Crippen LogP contribution in [-0.2, 0) is 24.2 Å². The van der Waals surface area contributed by atoms with Gasteiger partial charge in [-0.25, -0.2) is 0 Å². The van der Waals surface area contributed by atoms with Gasteiger partial charge in [-0.1, -0.05) is 6.92 Å². The quantitative estimate of drug-likeness (QED) is 0.340. The number of aliphatic imine (C=N–C) groups is 1. The first-order chi connectivity index (χ1) is 13.3. The fourth-order valence-corrected chi connectivity index (χ4v) is 3.19. The second-order valence-electron chi connectivity index (χ2n) is 6.81. The Labute approximate surface area is 183 Å². The van der Waals surface area contributed by atoms with Crippen LogP contribution in [0.2, 0.25) is 0 Å². The van der Waals surface area contributed by atoms with Crippen LogP contribution in [0.1, 0.15) is 37.8 Å². The van der Waals surface area contributed by atoms with Crippen molar-refractivity contribution in [2.24, 2.45) is 4.99 Å². The molecule has 9 heteroatoms. The zero-order valence-corrected chi connectivity index (χ0v) is 19.0. The third-order valence-corrected chi connectivity index (χ3v) is 4.70. The number of nitrogens with one attached hydrogen (secondary N) is 1. The summed E-state index contributed by atoms with van der Waals surface area (Å²) in [6.45, 7) is 5.82. The number of guanidine groups is 1. The van der Waals surface area contributed by atoms with Crippen LogP contribution in [0, 0.1) is 0 Å². The van der Waals surface area contributed by atoms with Crippen molar-refractivity contribution in [3.05, 3.63) is 36.3 Å². The lowest BCUT2D eigenvalue weighted by Gasteiger charge is -2.24. The van der Waals surface area contributed by atoms with Crippen LogP contribution in [-0.4, -0.2) is 58.5 Å². The largest absolute Gasteiger partial charge is 0.467 e. The maximum atomic E-state index is 5.82. The zero-order chi connectivity index (χ0) is 18.9. The number of nitrogens with zero attached hydrogens (tertiary/aromatic N) is 5. The van der Waals surface area contributed by atoms with E-state index in [4.69, 9.17) is 14.1 Å². The highest BCUT2D eigenvalue weighted by molar-refractivity contribution is 14.0. The number of rotatable bonds is 8. The average Bonchev–Trinajstić information content (AvgIpc) is 3.36. The molecule has 1 aliphatic heterocycles. The fraction of sp³-hybridized carbons (Fsp3) is 0.632. The van der Waals surface area contributed by atoms with Gasteiger partial charge in [0.15, 0.2) is 5.96 Å². The van der Waals surface area contributed by atoms with Crippen LogP contribution < -0.4 is 5.32 Å². The Morgan fingerprint density at radius 2 is 2.32 bits per heavy atom. The SMILES string of the molecule is CCc1nncn1CCNC(=NCC1CCCCO1)N(C)Cc1ccco1.I. The lowest BCUT2D eigenvalue weighted by atomic mass is 10.1. The molecule has 1 fully saturated rings. The third kappa shape index (κ3) is 6.77. The second-order valence-corrected chi connectivity index (χ2v) is 6.81. The molecule has 0 saturated carbocycles. The highest BCUT2D eigenvalue weighted by atomic mass is 127. The van der Waals surface area contributed by atoms with E-state index in [2.05, 4.69) is 31.9 Å². The summed E-state index contributed by atoms with van der Waals surface area (Å²) < 4.78 is 13.4.